The maximum Gasteiger partial charge on any atom is 0.223 e. The molecule has 0 bridgehead atoms. The highest BCUT2D eigenvalue weighted by Crippen LogP contribution is 2.31. The van der Waals surface area contributed by atoms with Gasteiger partial charge in [0.25, 0.3) is 0 Å². The Bertz CT molecular complexity index is 464. The summed E-state index contributed by atoms with van der Waals surface area (Å²) in [5, 5.41) is 3.12. The molecule has 1 aliphatic heterocycles. The average Bonchev–Trinajstić information content (AvgIpc) is 2.73. The first-order valence-corrected chi connectivity index (χ1v) is 8.23. The fraction of sp³-hybridized carbons (Fsp3) is 0.611. The third kappa shape index (κ3) is 5.29. The van der Waals surface area contributed by atoms with E-state index < -0.39 is 0 Å². The molecule has 1 amide bonds. The van der Waals surface area contributed by atoms with Gasteiger partial charge in [0.15, 0.2) is 0 Å². The van der Waals surface area contributed by atoms with Crippen LogP contribution in [0.15, 0.2) is 24.3 Å². The maximum absolute atomic E-state index is 12.6. The van der Waals surface area contributed by atoms with E-state index in [1.807, 2.05) is 7.05 Å². The number of carbonyl (C=O) groups excluding carboxylic acids is 1. The number of benzene rings is 1. The minimum Gasteiger partial charge on any atom is -0.336 e. The first-order valence-electron chi connectivity index (χ1n) is 8.23. The molecule has 1 saturated heterocycles. The molecule has 22 heavy (non-hydrogen) atoms. The third-order valence-electron chi connectivity index (χ3n) is 4.32. The summed E-state index contributed by atoms with van der Waals surface area (Å²) in [7, 11) is 1.94. The number of amides is 1. The lowest BCUT2D eigenvalue weighted by Crippen LogP contribution is -2.35. The van der Waals surface area contributed by atoms with Crippen LogP contribution in [-0.4, -0.2) is 30.9 Å². The topological polar surface area (TPSA) is 32.3 Å². The lowest BCUT2D eigenvalue weighted by Gasteiger charge is -2.31. The fourth-order valence-electron chi connectivity index (χ4n) is 3.19. The minimum atomic E-state index is 0. The summed E-state index contributed by atoms with van der Waals surface area (Å²) in [5.41, 5.74) is 2.58. The van der Waals surface area contributed by atoms with Crippen LogP contribution in [0.2, 0.25) is 0 Å². The van der Waals surface area contributed by atoms with Crippen LogP contribution >= 0.6 is 12.4 Å². The van der Waals surface area contributed by atoms with Crippen molar-refractivity contribution >= 4 is 18.3 Å². The van der Waals surface area contributed by atoms with Crippen molar-refractivity contribution in [3.63, 3.8) is 0 Å². The molecule has 3 nitrogen and oxygen atoms in total. The lowest BCUT2D eigenvalue weighted by atomic mass is 9.99. The monoisotopic (exact) mass is 324 g/mol. The van der Waals surface area contributed by atoms with Gasteiger partial charge in [0.2, 0.25) is 5.91 Å². The Hall–Kier alpha value is -1.06. The van der Waals surface area contributed by atoms with Crippen LogP contribution in [0.25, 0.3) is 0 Å². The Balaban J connectivity index is 0.00000242. The molecule has 0 spiro atoms. The van der Waals surface area contributed by atoms with Crippen molar-refractivity contribution in [2.75, 3.05) is 20.1 Å². The smallest absolute Gasteiger partial charge is 0.223 e. The molecule has 1 aliphatic rings. The van der Waals surface area contributed by atoms with E-state index in [4.69, 9.17) is 0 Å². The summed E-state index contributed by atoms with van der Waals surface area (Å²) in [6, 6.07) is 8.92. The molecule has 4 heteroatoms. The largest absolute Gasteiger partial charge is 0.336 e. The van der Waals surface area contributed by atoms with Crippen LogP contribution < -0.4 is 5.32 Å². The van der Waals surface area contributed by atoms with E-state index in [1.165, 1.54) is 24.0 Å². The van der Waals surface area contributed by atoms with Gasteiger partial charge < -0.3 is 10.2 Å². The third-order valence-corrected chi connectivity index (χ3v) is 4.32. The van der Waals surface area contributed by atoms with Gasteiger partial charge in [0.1, 0.15) is 0 Å². The number of rotatable bonds is 5. The van der Waals surface area contributed by atoms with Crippen molar-refractivity contribution in [3.05, 3.63) is 35.4 Å². The second kappa shape index (κ2) is 9.86. The molecular weight excluding hydrogens is 296 g/mol. The first kappa shape index (κ1) is 19.0. The molecule has 1 N–H and O–H groups in total. The molecule has 1 aromatic rings. The van der Waals surface area contributed by atoms with Crippen molar-refractivity contribution in [1.29, 1.82) is 0 Å². The van der Waals surface area contributed by atoms with Gasteiger partial charge in [-0.2, -0.15) is 0 Å². The van der Waals surface area contributed by atoms with E-state index in [1.54, 1.807) is 0 Å². The van der Waals surface area contributed by atoms with Gasteiger partial charge in [0.05, 0.1) is 6.04 Å². The summed E-state index contributed by atoms with van der Waals surface area (Å²) in [4.78, 5) is 14.7. The van der Waals surface area contributed by atoms with E-state index >= 15 is 0 Å². The number of hydrogen-bond donors (Lipinski definition) is 1. The molecule has 0 radical (unpaired) electrons. The minimum absolute atomic E-state index is 0. The summed E-state index contributed by atoms with van der Waals surface area (Å²) in [6.45, 7) is 3.95. The highest BCUT2D eigenvalue weighted by Gasteiger charge is 2.26. The number of nitrogens with one attached hydrogen (secondary N) is 1. The summed E-state index contributed by atoms with van der Waals surface area (Å²) in [6.07, 6.45) is 6.28. The molecular formula is C18H29ClN2O. The van der Waals surface area contributed by atoms with Crippen LogP contribution in [-0.2, 0) is 4.79 Å². The van der Waals surface area contributed by atoms with Crippen molar-refractivity contribution in [1.82, 2.24) is 10.2 Å². The highest BCUT2D eigenvalue weighted by atomic mass is 35.5. The standard InChI is InChI=1S/C18H28N2O.ClH/c1-15-8-6-9-16(14-15)17-10-4-3-5-13-20(17)18(21)11-7-12-19-2;/h6,8-9,14,17,19H,3-5,7,10-13H2,1-2H3;1H. The normalized spacial score (nSPS) is 18.5. The lowest BCUT2D eigenvalue weighted by molar-refractivity contribution is -0.133. The Morgan fingerprint density at radius 3 is 2.86 bits per heavy atom. The molecule has 0 aromatic heterocycles. The van der Waals surface area contributed by atoms with Gasteiger partial charge in [-0.3, -0.25) is 4.79 Å². The van der Waals surface area contributed by atoms with Crippen molar-refractivity contribution in [3.8, 4) is 0 Å². The molecule has 0 aliphatic carbocycles. The van der Waals surface area contributed by atoms with Crippen molar-refractivity contribution in [2.45, 2.75) is 51.5 Å². The predicted octanol–water partition coefficient (Wildman–Crippen LogP) is 3.86. The summed E-state index contributed by atoms with van der Waals surface area (Å²) >= 11 is 0. The number of hydrogen-bond acceptors (Lipinski definition) is 2. The Kier molecular flexibility index (Phi) is 8.51. The second-order valence-corrected chi connectivity index (χ2v) is 6.07. The number of aryl methyl sites for hydroxylation is 1. The molecule has 2 rings (SSSR count). The molecule has 1 fully saturated rings. The quantitative estimate of drug-likeness (QED) is 0.834. The zero-order chi connectivity index (χ0) is 15.1. The summed E-state index contributed by atoms with van der Waals surface area (Å²) in [5.74, 6) is 0.318. The van der Waals surface area contributed by atoms with Gasteiger partial charge >= 0.3 is 0 Å². The Labute approximate surface area is 140 Å². The zero-order valence-corrected chi connectivity index (χ0v) is 14.6. The van der Waals surface area contributed by atoms with Crippen molar-refractivity contribution < 1.29 is 4.79 Å². The number of likely N-dealkylation sites (tertiary alicyclic amines) is 1. The predicted molar refractivity (Wildman–Crippen MR) is 94.5 cm³/mol. The van der Waals surface area contributed by atoms with Gasteiger partial charge in [-0.05, 0) is 45.3 Å². The molecule has 1 unspecified atom stereocenters. The van der Waals surface area contributed by atoms with Gasteiger partial charge in [-0.15, -0.1) is 12.4 Å². The first-order chi connectivity index (χ1) is 10.2. The van der Waals surface area contributed by atoms with Crippen molar-refractivity contribution in [2.24, 2.45) is 0 Å². The number of carbonyl (C=O) groups is 1. The fourth-order valence-corrected chi connectivity index (χ4v) is 3.19. The van der Waals surface area contributed by atoms with Crippen LogP contribution in [0.3, 0.4) is 0 Å². The number of halogens is 1. The van der Waals surface area contributed by atoms with E-state index in [2.05, 4.69) is 41.4 Å². The molecule has 1 aromatic carbocycles. The summed E-state index contributed by atoms with van der Waals surface area (Å²) < 4.78 is 0. The van der Waals surface area contributed by atoms with E-state index in [9.17, 15) is 4.79 Å². The van der Waals surface area contributed by atoms with Crippen LogP contribution in [0, 0.1) is 6.92 Å². The van der Waals surface area contributed by atoms with E-state index in [0.717, 1.165) is 32.4 Å². The second-order valence-electron chi connectivity index (χ2n) is 6.07. The Morgan fingerprint density at radius 1 is 1.32 bits per heavy atom. The maximum atomic E-state index is 12.6. The van der Waals surface area contributed by atoms with Gasteiger partial charge in [-0.25, -0.2) is 0 Å². The molecule has 1 heterocycles. The average molecular weight is 325 g/mol. The number of nitrogens with zero attached hydrogens (tertiary/aromatic N) is 1. The van der Waals surface area contributed by atoms with Crippen LogP contribution in [0.1, 0.15) is 55.7 Å². The van der Waals surface area contributed by atoms with Gasteiger partial charge in [-0.1, -0.05) is 42.7 Å². The molecule has 1 atom stereocenters. The molecule has 124 valence electrons. The van der Waals surface area contributed by atoms with Gasteiger partial charge in [0, 0.05) is 13.0 Å². The van der Waals surface area contributed by atoms with Crippen LogP contribution in [0.5, 0.6) is 0 Å². The molecule has 0 saturated carbocycles. The SMILES string of the molecule is CNCCCC(=O)N1CCCCCC1c1cccc(C)c1.Cl. The zero-order valence-electron chi connectivity index (χ0n) is 13.8. The highest BCUT2D eigenvalue weighted by molar-refractivity contribution is 5.85. The Morgan fingerprint density at radius 2 is 2.14 bits per heavy atom. The van der Waals surface area contributed by atoms with E-state index in [0.29, 0.717) is 12.3 Å². The van der Waals surface area contributed by atoms with E-state index in [-0.39, 0.29) is 18.4 Å². The van der Waals surface area contributed by atoms with Crippen LogP contribution in [0.4, 0.5) is 0 Å².